The van der Waals surface area contributed by atoms with Gasteiger partial charge in [0, 0.05) is 11.4 Å². The normalized spacial score (nSPS) is 10.1. The highest BCUT2D eigenvalue weighted by molar-refractivity contribution is 5.58. The number of hydrogen-bond acceptors (Lipinski definition) is 5. The topological polar surface area (TPSA) is 62.7 Å². The molecule has 6 heteroatoms. The molecule has 104 valence electrons. The zero-order chi connectivity index (χ0) is 14.5. The van der Waals surface area contributed by atoms with Crippen LogP contribution in [-0.4, -0.2) is 15.2 Å². The molecule has 2 N–H and O–H groups in total. The summed E-state index contributed by atoms with van der Waals surface area (Å²) in [5.74, 6) is 0.613. The van der Waals surface area contributed by atoms with Crippen LogP contribution in [-0.2, 0) is 0 Å². The van der Waals surface area contributed by atoms with Crippen LogP contribution in [0.3, 0.4) is 0 Å². The molecule has 5 nitrogen and oxygen atoms in total. The van der Waals surface area contributed by atoms with Gasteiger partial charge < -0.3 is 10.6 Å². The maximum absolute atomic E-state index is 12.9. The molecule has 2 aromatic carbocycles. The van der Waals surface area contributed by atoms with Crippen LogP contribution in [0.25, 0.3) is 0 Å². The third-order valence-electron chi connectivity index (χ3n) is 2.71. The molecule has 0 amide bonds. The van der Waals surface area contributed by atoms with Crippen LogP contribution in [0.4, 0.5) is 27.5 Å². The third-order valence-corrected chi connectivity index (χ3v) is 2.71. The minimum atomic E-state index is -0.293. The molecular weight excluding hydrogens is 269 g/mol. The lowest BCUT2D eigenvalue weighted by Gasteiger charge is -2.07. The second-order valence-corrected chi connectivity index (χ2v) is 4.29. The molecule has 0 radical (unpaired) electrons. The molecule has 0 unspecified atom stereocenters. The van der Waals surface area contributed by atoms with Crippen molar-refractivity contribution in [2.45, 2.75) is 0 Å². The predicted octanol–water partition coefficient (Wildman–Crippen LogP) is 3.50. The van der Waals surface area contributed by atoms with Gasteiger partial charge >= 0.3 is 0 Å². The van der Waals surface area contributed by atoms with Gasteiger partial charge in [0.05, 0.1) is 6.20 Å². The van der Waals surface area contributed by atoms with Crippen LogP contribution >= 0.6 is 0 Å². The number of hydrogen-bond donors (Lipinski definition) is 2. The molecule has 0 bridgehead atoms. The summed E-state index contributed by atoms with van der Waals surface area (Å²) in [5.41, 5.74) is 1.60. The highest BCUT2D eigenvalue weighted by atomic mass is 19.1. The van der Waals surface area contributed by atoms with Crippen molar-refractivity contribution in [2.24, 2.45) is 0 Å². The van der Waals surface area contributed by atoms with Crippen molar-refractivity contribution in [1.29, 1.82) is 0 Å². The first-order valence-electron chi connectivity index (χ1n) is 6.34. The average molecular weight is 281 g/mol. The zero-order valence-corrected chi connectivity index (χ0v) is 11.0. The number of nitrogens with zero attached hydrogens (tertiary/aromatic N) is 3. The molecule has 0 fully saturated rings. The Bertz CT molecular complexity index is 716. The van der Waals surface area contributed by atoms with Gasteiger partial charge in [0.15, 0.2) is 5.82 Å². The molecule has 0 aliphatic carbocycles. The van der Waals surface area contributed by atoms with E-state index in [1.54, 1.807) is 12.1 Å². The number of rotatable bonds is 4. The van der Waals surface area contributed by atoms with Gasteiger partial charge in [-0.1, -0.05) is 18.2 Å². The standard InChI is InChI=1S/C15H12FN5/c16-11-6-8-13(9-7-11)19-15-20-14(10-17-21-15)18-12-4-2-1-3-5-12/h1-10H,(H2,18,19,20,21). The maximum atomic E-state index is 12.9. The first kappa shape index (κ1) is 13.0. The van der Waals surface area contributed by atoms with Crippen molar-refractivity contribution in [3.05, 3.63) is 66.6 Å². The Kier molecular flexibility index (Phi) is 3.68. The summed E-state index contributed by atoms with van der Waals surface area (Å²) in [5, 5.41) is 13.9. The Morgan fingerprint density at radius 2 is 1.52 bits per heavy atom. The zero-order valence-electron chi connectivity index (χ0n) is 11.0. The summed E-state index contributed by atoms with van der Waals surface area (Å²) in [4.78, 5) is 4.30. The second kappa shape index (κ2) is 5.96. The number of nitrogens with one attached hydrogen (secondary N) is 2. The lowest BCUT2D eigenvalue weighted by atomic mass is 10.3. The van der Waals surface area contributed by atoms with Crippen molar-refractivity contribution in [2.75, 3.05) is 10.6 Å². The van der Waals surface area contributed by atoms with Gasteiger partial charge in [-0.25, -0.2) is 4.39 Å². The van der Waals surface area contributed by atoms with Crippen LogP contribution in [0, 0.1) is 5.82 Å². The minimum Gasteiger partial charge on any atom is -0.339 e. The van der Waals surface area contributed by atoms with E-state index in [1.807, 2.05) is 30.3 Å². The molecule has 1 aromatic heterocycles. The number of benzene rings is 2. The molecule has 0 spiro atoms. The smallest absolute Gasteiger partial charge is 0.249 e. The monoisotopic (exact) mass is 281 g/mol. The highest BCUT2D eigenvalue weighted by Gasteiger charge is 2.02. The predicted molar refractivity (Wildman–Crippen MR) is 79.2 cm³/mol. The summed E-state index contributed by atoms with van der Waals surface area (Å²) in [6.07, 6.45) is 1.53. The average Bonchev–Trinajstić information content (AvgIpc) is 2.51. The highest BCUT2D eigenvalue weighted by Crippen LogP contribution is 2.16. The Labute approximate surface area is 120 Å². The van der Waals surface area contributed by atoms with Crippen LogP contribution in [0.2, 0.25) is 0 Å². The number of halogens is 1. The first-order valence-corrected chi connectivity index (χ1v) is 6.34. The van der Waals surface area contributed by atoms with E-state index in [0.717, 1.165) is 5.69 Å². The van der Waals surface area contributed by atoms with Crippen LogP contribution in [0.1, 0.15) is 0 Å². The molecule has 21 heavy (non-hydrogen) atoms. The molecular formula is C15H12FN5. The van der Waals surface area contributed by atoms with E-state index in [0.29, 0.717) is 17.5 Å². The quantitative estimate of drug-likeness (QED) is 0.766. The SMILES string of the molecule is Fc1ccc(Nc2nncc(Nc3ccccc3)n2)cc1. The van der Waals surface area contributed by atoms with E-state index in [4.69, 9.17) is 0 Å². The Morgan fingerprint density at radius 3 is 2.29 bits per heavy atom. The molecule has 0 saturated heterocycles. The molecule has 0 atom stereocenters. The van der Waals surface area contributed by atoms with Crippen LogP contribution in [0.5, 0.6) is 0 Å². The van der Waals surface area contributed by atoms with E-state index in [1.165, 1.54) is 18.3 Å². The van der Waals surface area contributed by atoms with Gasteiger partial charge in [0.1, 0.15) is 5.82 Å². The van der Waals surface area contributed by atoms with Gasteiger partial charge in [0.2, 0.25) is 5.95 Å². The van der Waals surface area contributed by atoms with Gasteiger partial charge in [-0.2, -0.15) is 10.1 Å². The largest absolute Gasteiger partial charge is 0.339 e. The molecule has 3 aromatic rings. The summed E-state index contributed by atoms with van der Waals surface area (Å²) >= 11 is 0. The lowest BCUT2D eigenvalue weighted by molar-refractivity contribution is 0.628. The van der Waals surface area contributed by atoms with Crippen molar-refractivity contribution < 1.29 is 4.39 Å². The van der Waals surface area contributed by atoms with Gasteiger partial charge in [-0.3, -0.25) is 0 Å². The van der Waals surface area contributed by atoms with Crippen LogP contribution in [0.15, 0.2) is 60.8 Å². The van der Waals surface area contributed by atoms with Crippen molar-refractivity contribution in [1.82, 2.24) is 15.2 Å². The van der Waals surface area contributed by atoms with E-state index >= 15 is 0 Å². The third kappa shape index (κ3) is 3.50. The van der Waals surface area contributed by atoms with Crippen molar-refractivity contribution in [3.8, 4) is 0 Å². The maximum Gasteiger partial charge on any atom is 0.249 e. The minimum absolute atomic E-state index is 0.293. The van der Waals surface area contributed by atoms with Crippen molar-refractivity contribution >= 4 is 23.1 Å². The van der Waals surface area contributed by atoms with Gasteiger partial charge in [-0.15, -0.1) is 5.10 Å². The summed E-state index contributed by atoms with van der Waals surface area (Å²) < 4.78 is 12.9. The van der Waals surface area contributed by atoms with E-state index < -0.39 is 0 Å². The summed E-state index contributed by atoms with van der Waals surface area (Å²) in [6, 6.07) is 15.6. The summed E-state index contributed by atoms with van der Waals surface area (Å²) in [7, 11) is 0. The molecule has 1 heterocycles. The van der Waals surface area contributed by atoms with Gasteiger partial charge in [0.25, 0.3) is 0 Å². The van der Waals surface area contributed by atoms with Gasteiger partial charge in [-0.05, 0) is 36.4 Å². The van der Waals surface area contributed by atoms with Crippen LogP contribution < -0.4 is 10.6 Å². The molecule has 0 aliphatic heterocycles. The number of anilines is 4. The molecule has 0 aliphatic rings. The Hall–Kier alpha value is -3.02. The fourth-order valence-corrected chi connectivity index (χ4v) is 1.75. The first-order chi connectivity index (χ1) is 10.3. The molecule has 3 rings (SSSR count). The van der Waals surface area contributed by atoms with Crippen molar-refractivity contribution in [3.63, 3.8) is 0 Å². The number of para-hydroxylation sites is 1. The Balaban J connectivity index is 1.75. The van der Waals surface area contributed by atoms with E-state index in [9.17, 15) is 4.39 Å². The van der Waals surface area contributed by atoms with E-state index in [2.05, 4.69) is 25.8 Å². The summed E-state index contributed by atoms with van der Waals surface area (Å²) in [6.45, 7) is 0. The Morgan fingerprint density at radius 1 is 0.810 bits per heavy atom. The fourth-order valence-electron chi connectivity index (χ4n) is 1.75. The number of aromatic nitrogens is 3. The fraction of sp³-hybridized carbons (Fsp3) is 0. The lowest BCUT2D eigenvalue weighted by Crippen LogP contribution is -2.02. The second-order valence-electron chi connectivity index (χ2n) is 4.29. The molecule has 0 saturated carbocycles. The van der Waals surface area contributed by atoms with E-state index in [-0.39, 0.29) is 5.82 Å².